The predicted octanol–water partition coefficient (Wildman–Crippen LogP) is 0.912. The largest absolute Gasteiger partial charge is 0.491 e. The van der Waals surface area contributed by atoms with Gasteiger partial charge in [0.15, 0.2) is 5.78 Å². The van der Waals surface area contributed by atoms with Crippen molar-refractivity contribution in [1.29, 1.82) is 0 Å². The van der Waals surface area contributed by atoms with E-state index in [1.807, 2.05) is 31.2 Å². The van der Waals surface area contributed by atoms with E-state index < -0.39 is 7.12 Å². The summed E-state index contributed by atoms with van der Waals surface area (Å²) in [6.45, 7) is 5.58. The zero-order valence-corrected chi connectivity index (χ0v) is 15.5. The maximum Gasteiger partial charge on any atom is 0.491 e. The topological polar surface area (TPSA) is 71.9 Å². The molecule has 2 aromatic rings. The van der Waals surface area contributed by atoms with Crippen LogP contribution in [0.15, 0.2) is 30.3 Å². The maximum atomic E-state index is 12.7. The zero-order chi connectivity index (χ0) is 18.8. The number of rotatable bonds is 4. The highest BCUT2D eigenvalue weighted by atomic mass is 16.5. The zero-order valence-electron chi connectivity index (χ0n) is 15.5. The Labute approximate surface area is 159 Å². The summed E-state index contributed by atoms with van der Waals surface area (Å²) < 4.78 is 10.7. The lowest BCUT2D eigenvalue weighted by molar-refractivity contribution is 0.0988. The predicted molar refractivity (Wildman–Crippen MR) is 104 cm³/mol. The van der Waals surface area contributed by atoms with Crippen molar-refractivity contribution in [3.63, 3.8) is 0 Å². The molecule has 0 atom stereocenters. The number of Topliss-reactive ketones (excluding diaryl/α,β-unsaturated/α-hetero) is 1. The summed E-state index contributed by atoms with van der Waals surface area (Å²) in [5, 5.41) is 9.99. The number of carbonyl (C=O) groups excluding carboxylic acids is 1. The van der Waals surface area contributed by atoms with Crippen LogP contribution in [0.2, 0.25) is 0 Å². The fourth-order valence-corrected chi connectivity index (χ4v) is 3.71. The molecule has 4 rings (SSSR count). The summed E-state index contributed by atoms with van der Waals surface area (Å²) >= 11 is 0. The molecule has 1 aromatic heterocycles. The van der Waals surface area contributed by atoms with E-state index in [2.05, 4.69) is 9.88 Å². The van der Waals surface area contributed by atoms with Gasteiger partial charge in [-0.2, -0.15) is 0 Å². The van der Waals surface area contributed by atoms with Gasteiger partial charge >= 0.3 is 7.12 Å². The lowest BCUT2D eigenvalue weighted by Gasteiger charge is -2.29. The molecule has 1 N–H and O–H groups in total. The van der Waals surface area contributed by atoms with Gasteiger partial charge in [-0.25, -0.2) is 4.98 Å². The smallest absolute Gasteiger partial charge is 0.423 e. The van der Waals surface area contributed by atoms with Gasteiger partial charge in [0.1, 0.15) is 5.69 Å². The molecule has 0 spiro atoms. The molecule has 2 aliphatic rings. The van der Waals surface area contributed by atoms with Gasteiger partial charge in [-0.3, -0.25) is 4.79 Å². The van der Waals surface area contributed by atoms with Crippen molar-refractivity contribution in [2.75, 3.05) is 37.8 Å². The Balaban J connectivity index is 1.50. The quantitative estimate of drug-likeness (QED) is 0.641. The number of aromatic nitrogens is 1. The number of anilines is 1. The first-order chi connectivity index (χ1) is 13.1. The summed E-state index contributed by atoms with van der Waals surface area (Å²) in [6.07, 6.45) is 1.04. The fraction of sp³-hybridized carbons (Fsp3) is 0.400. The summed E-state index contributed by atoms with van der Waals surface area (Å²) in [4.78, 5) is 19.5. The number of fused-ring (bicyclic) bond motifs is 1. The van der Waals surface area contributed by atoms with Crippen molar-refractivity contribution >= 4 is 24.1 Å². The number of pyridine rings is 1. The number of hydrogen-bond donors (Lipinski definition) is 1. The number of ether oxygens (including phenoxy) is 1. The minimum atomic E-state index is -0.906. The number of ketones is 1. The molecular weight excluding hydrogens is 343 g/mol. The van der Waals surface area contributed by atoms with Crippen LogP contribution in [0.3, 0.4) is 0 Å². The highest BCUT2D eigenvalue weighted by molar-refractivity contribution is 6.60. The van der Waals surface area contributed by atoms with Crippen LogP contribution >= 0.6 is 0 Å². The van der Waals surface area contributed by atoms with Crippen LogP contribution in [-0.4, -0.2) is 55.8 Å². The molecular formula is C20H23BN2O4. The van der Waals surface area contributed by atoms with Crippen molar-refractivity contribution in [3.8, 4) is 0 Å². The molecule has 7 heteroatoms. The van der Waals surface area contributed by atoms with E-state index in [0.29, 0.717) is 25.5 Å². The second-order valence-electron chi connectivity index (χ2n) is 7.01. The SMILES string of the molecule is Cc1nc(C(=O)Cc2ccc3c(c2)B(O)OCC3)ccc1N1CCOCC1. The summed E-state index contributed by atoms with van der Waals surface area (Å²) in [7, 11) is -0.906. The Morgan fingerprint density at radius 1 is 1.22 bits per heavy atom. The first-order valence-corrected chi connectivity index (χ1v) is 9.37. The molecule has 27 heavy (non-hydrogen) atoms. The van der Waals surface area contributed by atoms with Crippen molar-refractivity contribution in [3.05, 3.63) is 52.8 Å². The van der Waals surface area contributed by atoms with E-state index in [0.717, 1.165) is 47.5 Å². The van der Waals surface area contributed by atoms with E-state index in [1.165, 1.54) is 0 Å². The third-order valence-corrected chi connectivity index (χ3v) is 5.18. The van der Waals surface area contributed by atoms with Gasteiger partial charge in [0, 0.05) is 26.1 Å². The minimum absolute atomic E-state index is 0.0298. The van der Waals surface area contributed by atoms with Gasteiger partial charge in [-0.1, -0.05) is 18.2 Å². The average Bonchev–Trinajstić information content (AvgIpc) is 2.69. The number of nitrogens with zero attached hydrogens (tertiary/aromatic N) is 2. The second-order valence-corrected chi connectivity index (χ2v) is 7.01. The number of hydrogen-bond acceptors (Lipinski definition) is 6. The molecule has 1 aromatic carbocycles. The van der Waals surface area contributed by atoms with Gasteiger partial charge in [-0.05, 0) is 42.1 Å². The minimum Gasteiger partial charge on any atom is -0.423 e. The van der Waals surface area contributed by atoms with Crippen LogP contribution in [-0.2, 0) is 22.2 Å². The molecule has 1 fully saturated rings. The van der Waals surface area contributed by atoms with Crippen molar-refractivity contribution < 1.29 is 19.2 Å². The molecule has 0 unspecified atom stereocenters. The molecule has 0 bridgehead atoms. The van der Waals surface area contributed by atoms with Gasteiger partial charge in [0.05, 0.1) is 24.6 Å². The van der Waals surface area contributed by atoms with Crippen molar-refractivity contribution in [2.45, 2.75) is 19.8 Å². The molecule has 0 saturated carbocycles. The first-order valence-electron chi connectivity index (χ1n) is 9.37. The van der Waals surface area contributed by atoms with Crippen LogP contribution in [0.5, 0.6) is 0 Å². The number of morpholine rings is 1. The van der Waals surface area contributed by atoms with E-state index in [9.17, 15) is 9.82 Å². The Bertz CT molecular complexity index is 852. The highest BCUT2D eigenvalue weighted by Gasteiger charge is 2.25. The molecule has 3 heterocycles. The lowest BCUT2D eigenvalue weighted by atomic mass is 9.73. The number of aryl methyl sites for hydroxylation is 1. The van der Waals surface area contributed by atoms with Gasteiger partial charge in [0.2, 0.25) is 0 Å². The van der Waals surface area contributed by atoms with Crippen LogP contribution < -0.4 is 10.4 Å². The van der Waals surface area contributed by atoms with E-state index in [1.54, 1.807) is 6.07 Å². The Kier molecular flexibility index (Phi) is 5.25. The standard InChI is InChI=1S/C20H23BN2O4/c1-14-19(23-7-10-26-11-8-23)5-4-18(22-14)20(24)13-15-2-3-16-6-9-27-21(25)17(16)12-15/h2-5,12,25H,6-11,13H2,1H3. The van der Waals surface area contributed by atoms with Gasteiger partial charge in [-0.15, -0.1) is 0 Å². The third-order valence-electron chi connectivity index (χ3n) is 5.18. The lowest BCUT2D eigenvalue weighted by Crippen LogP contribution is -2.41. The monoisotopic (exact) mass is 366 g/mol. The third kappa shape index (κ3) is 3.90. The Morgan fingerprint density at radius 3 is 2.81 bits per heavy atom. The average molecular weight is 366 g/mol. The normalized spacial score (nSPS) is 17.0. The summed E-state index contributed by atoms with van der Waals surface area (Å²) in [5.74, 6) is -0.0298. The van der Waals surface area contributed by atoms with Gasteiger partial charge < -0.3 is 19.3 Å². The Hall–Kier alpha value is -2.22. The second kappa shape index (κ2) is 7.80. The van der Waals surface area contributed by atoms with E-state index in [-0.39, 0.29) is 12.2 Å². The molecule has 2 aliphatic heterocycles. The highest BCUT2D eigenvalue weighted by Crippen LogP contribution is 2.20. The molecule has 0 radical (unpaired) electrons. The fourth-order valence-electron chi connectivity index (χ4n) is 3.71. The molecule has 1 saturated heterocycles. The Morgan fingerprint density at radius 2 is 2.04 bits per heavy atom. The number of benzene rings is 1. The van der Waals surface area contributed by atoms with Crippen LogP contribution in [0.1, 0.15) is 27.3 Å². The van der Waals surface area contributed by atoms with Crippen LogP contribution in [0.4, 0.5) is 5.69 Å². The van der Waals surface area contributed by atoms with Gasteiger partial charge in [0.25, 0.3) is 0 Å². The number of carbonyl (C=O) groups is 1. The molecule has 0 amide bonds. The molecule has 0 aliphatic carbocycles. The first kappa shape index (κ1) is 18.2. The summed E-state index contributed by atoms with van der Waals surface area (Å²) in [6, 6.07) is 9.57. The van der Waals surface area contributed by atoms with Crippen molar-refractivity contribution in [2.24, 2.45) is 0 Å². The van der Waals surface area contributed by atoms with E-state index >= 15 is 0 Å². The van der Waals surface area contributed by atoms with Crippen LogP contribution in [0, 0.1) is 6.92 Å². The summed E-state index contributed by atoms with van der Waals surface area (Å²) in [5.41, 5.74) is 5.09. The molecule has 140 valence electrons. The van der Waals surface area contributed by atoms with E-state index in [4.69, 9.17) is 9.39 Å². The van der Waals surface area contributed by atoms with Crippen molar-refractivity contribution in [1.82, 2.24) is 4.98 Å². The molecule has 6 nitrogen and oxygen atoms in total. The van der Waals surface area contributed by atoms with Crippen LogP contribution in [0.25, 0.3) is 0 Å². The maximum absolute atomic E-state index is 12.7.